The number of thiol groups is 1. The van der Waals surface area contributed by atoms with Gasteiger partial charge in [0.15, 0.2) is 5.12 Å². The summed E-state index contributed by atoms with van der Waals surface area (Å²) >= 11 is 3.82. The maximum Gasteiger partial charge on any atom is 0.512 e. The minimum absolute atomic E-state index is 0.253. The Morgan fingerprint density at radius 3 is 1.67 bits per heavy atom. The van der Waals surface area contributed by atoms with E-state index in [1.54, 1.807) is 6.92 Å². The van der Waals surface area contributed by atoms with Crippen LogP contribution in [0.25, 0.3) is 0 Å². The molecule has 0 aromatic rings. The maximum atomic E-state index is 11.3. The number of hydrogen-bond acceptors (Lipinski definition) is 4. The van der Waals surface area contributed by atoms with Gasteiger partial charge in [-0.2, -0.15) is 0 Å². The highest BCUT2D eigenvalue weighted by Crippen LogP contribution is 2.27. The van der Waals surface area contributed by atoms with Crippen molar-refractivity contribution < 1.29 is 18.1 Å². The molecule has 0 aliphatic heterocycles. The van der Waals surface area contributed by atoms with E-state index in [1.165, 1.54) is 0 Å². The summed E-state index contributed by atoms with van der Waals surface area (Å²) in [4.78, 5) is 11.3. The zero-order valence-electron chi connectivity index (χ0n) is 9.78. The Hall–Kier alpha value is 0.117. The third-order valence-electron chi connectivity index (χ3n) is 1.94. The molecule has 1 unspecified atom stereocenters. The van der Waals surface area contributed by atoms with Crippen LogP contribution in [0.1, 0.15) is 27.7 Å². The molecule has 0 fully saturated rings. The summed E-state index contributed by atoms with van der Waals surface area (Å²) in [7, 11) is -2.89. The largest absolute Gasteiger partial charge is 0.512 e. The lowest BCUT2D eigenvalue weighted by atomic mass is 10.5. The van der Waals surface area contributed by atoms with Crippen molar-refractivity contribution >= 4 is 26.5 Å². The van der Waals surface area contributed by atoms with Crippen molar-refractivity contribution in [3.05, 3.63) is 0 Å². The zero-order valence-corrected chi connectivity index (χ0v) is 11.7. The Balaban J connectivity index is 4.81. The molecule has 0 saturated carbocycles. The fourth-order valence-electron chi connectivity index (χ4n) is 1.25. The summed E-state index contributed by atoms with van der Waals surface area (Å²) in [6, 6.07) is 0. The van der Waals surface area contributed by atoms with Gasteiger partial charge in [-0.3, -0.25) is 4.79 Å². The summed E-state index contributed by atoms with van der Waals surface area (Å²) in [5.74, 6) is 0. The summed E-state index contributed by atoms with van der Waals surface area (Å²) in [6.45, 7) is 8.72. The highest BCUT2D eigenvalue weighted by atomic mass is 32.1. The normalized spacial score (nSPS) is 13.9. The number of carbonyl (C=O) groups is 1. The van der Waals surface area contributed by atoms with E-state index in [-0.39, 0.29) is 5.12 Å². The van der Waals surface area contributed by atoms with Gasteiger partial charge in [0, 0.05) is 19.8 Å². The first-order chi connectivity index (χ1) is 7.04. The van der Waals surface area contributed by atoms with Gasteiger partial charge in [0.25, 0.3) is 0 Å². The molecule has 0 amide bonds. The van der Waals surface area contributed by atoms with Gasteiger partial charge in [-0.1, -0.05) is 6.92 Å². The fourth-order valence-corrected chi connectivity index (χ4v) is 4.24. The number of carbonyl (C=O) groups excluding carboxylic acids is 1. The number of hydrogen-bond donors (Lipinski definition) is 1. The van der Waals surface area contributed by atoms with Gasteiger partial charge < -0.3 is 13.3 Å². The molecular formula is C9H20O4SSi. The van der Waals surface area contributed by atoms with Crippen LogP contribution in [0.4, 0.5) is 0 Å². The summed E-state index contributed by atoms with van der Waals surface area (Å²) in [6.07, 6.45) is 0. The van der Waals surface area contributed by atoms with Gasteiger partial charge in [-0.15, -0.1) is 12.6 Å². The average molecular weight is 252 g/mol. The molecule has 0 saturated heterocycles. The van der Waals surface area contributed by atoms with Gasteiger partial charge in [0.2, 0.25) is 0 Å². The Morgan fingerprint density at radius 2 is 1.47 bits per heavy atom. The summed E-state index contributed by atoms with van der Waals surface area (Å²) in [5.41, 5.74) is -0.430. The van der Waals surface area contributed by atoms with Gasteiger partial charge in [0.05, 0.1) is 5.54 Å². The van der Waals surface area contributed by atoms with Crippen LogP contribution >= 0.6 is 12.6 Å². The van der Waals surface area contributed by atoms with E-state index in [1.807, 2.05) is 20.8 Å². The van der Waals surface area contributed by atoms with Crippen LogP contribution in [0.15, 0.2) is 0 Å². The van der Waals surface area contributed by atoms with Crippen molar-refractivity contribution in [1.82, 2.24) is 0 Å². The molecule has 0 spiro atoms. The standard InChI is InChI=1S/C9H20O4SSi/c1-5-11-15(12-6-2,13-7-3)8(4)9(10)14/h8H,5-7H2,1-4H3,(H,10,14). The quantitative estimate of drug-likeness (QED) is 0.529. The second-order valence-electron chi connectivity index (χ2n) is 2.96. The third-order valence-corrected chi connectivity index (χ3v) is 5.96. The molecule has 90 valence electrons. The molecule has 4 nitrogen and oxygen atoms in total. The van der Waals surface area contributed by atoms with Crippen molar-refractivity contribution in [3.63, 3.8) is 0 Å². The van der Waals surface area contributed by atoms with Gasteiger partial charge in [0.1, 0.15) is 0 Å². The SMILES string of the molecule is CCO[Si](OCC)(OCC)C(C)C(=O)S. The van der Waals surface area contributed by atoms with Crippen LogP contribution in [0.2, 0.25) is 5.54 Å². The molecule has 0 aliphatic rings. The Labute approximate surface area is 98.1 Å². The molecule has 0 radical (unpaired) electrons. The second-order valence-corrected chi connectivity index (χ2v) is 6.34. The highest BCUT2D eigenvalue weighted by molar-refractivity contribution is 7.97. The first-order valence-electron chi connectivity index (χ1n) is 5.18. The maximum absolute atomic E-state index is 11.3. The van der Waals surface area contributed by atoms with Crippen LogP contribution in [0.3, 0.4) is 0 Å². The van der Waals surface area contributed by atoms with Gasteiger partial charge in [-0.05, 0) is 20.8 Å². The first kappa shape index (κ1) is 15.1. The highest BCUT2D eigenvalue weighted by Gasteiger charge is 2.49. The van der Waals surface area contributed by atoms with E-state index in [2.05, 4.69) is 12.6 Å². The van der Waals surface area contributed by atoms with Crippen molar-refractivity contribution in [2.75, 3.05) is 19.8 Å². The minimum Gasteiger partial charge on any atom is -0.373 e. The van der Waals surface area contributed by atoms with Crippen LogP contribution in [0.5, 0.6) is 0 Å². The van der Waals surface area contributed by atoms with E-state index in [0.29, 0.717) is 19.8 Å². The minimum atomic E-state index is -2.89. The molecular weight excluding hydrogens is 232 g/mol. The molecule has 1 atom stereocenters. The Kier molecular flexibility index (Phi) is 7.46. The zero-order chi connectivity index (χ0) is 11.9. The average Bonchev–Trinajstić information content (AvgIpc) is 2.17. The van der Waals surface area contributed by atoms with E-state index in [9.17, 15) is 4.79 Å². The molecule has 0 aliphatic carbocycles. The molecule has 0 aromatic heterocycles. The Bertz CT molecular complexity index is 184. The molecule has 0 N–H and O–H groups in total. The lowest BCUT2D eigenvalue weighted by Crippen LogP contribution is -2.51. The van der Waals surface area contributed by atoms with E-state index in [0.717, 1.165) is 0 Å². The number of rotatable bonds is 8. The van der Waals surface area contributed by atoms with Crippen molar-refractivity contribution in [2.24, 2.45) is 0 Å². The summed E-state index contributed by atoms with van der Waals surface area (Å²) < 4.78 is 16.7. The second kappa shape index (κ2) is 7.40. The van der Waals surface area contributed by atoms with Crippen LogP contribution < -0.4 is 0 Å². The monoisotopic (exact) mass is 252 g/mol. The molecule has 0 heterocycles. The summed E-state index contributed by atoms with van der Waals surface area (Å²) in [5, 5.41) is -0.253. The first-order valence-corrected chi connectivity index (χ1v) is 7.43. The van der Waals surface area contributed by atoms with E-state index >= 15 is 0 Å². The van der Waals surface area contributed by atoms with Gasteiger partial charge in [-0.25, -0.2) is 0 Å². The van der Waals surface area contributed by atoms with E-state index in [4.69, 9.17) is 13.3 Å². The molecule has 0 aromatic carbocycles. The molecule has 6 heteroatoms. The van der Waals surface area contributed by atoms with Crippen molar-refractivity contribution in [2.45, 2.75) is 33.2 Å². The van der Waals surface area contributed by atoms with Gasteiger partial charge >= 0.3 is 8.80 Å². The molecule has 0 bridgehead atoms. The lowest BCUT2D eigenvalue weighted by molar-refractivity contribution is -0.111. The van der Waals surface area contributed by atoms with Crippen LogP contribution in [-0.2, 0) is 18.1 Å². The van der Waals surface area contributed by atoms with Crippen LogP contribution in [-0.4, -0.2) is 33.7 Å². The smallest absolute Gasteiger partial charge is 0.373 e. The fraction of sp³-hybridized carbons (Fsp3) is 0.889. The van der Waals surface area contributed by atoms with Crippen LogP contribution in [0, 0.1) is 0 Å². The topological polar surface area (TPSA) is 44.8 Å². The predicted octanol–water partition coefficient (Wildman–Crippen LogP) is 1.88. The molecule has 15 heavy (non-hydrogen) atoms. The molecule has 0 rings (SSSR count). The Morgan fingerprint density at radius 1 is 1.13 bits per heavy atom. The predicted molar refractivity (Wildman–Crippen MR) is 64.0 cm³/mol. The van der Waals surface area contributed by atoms with Crippen molar-refractivity contribution in [1.29, 1.82) is 0 Å². The lowest BCUT2D eigenvalue weighted by Gasteiger charge is -2.31. The van der Waals surface area contributed by atoms with Crippen molar-refractivity contribution in [3.8, 4) is 0 Å². The van der Waals surface area contributed by atoms with E-state index < -0.39 is 14.3 Å². The third kappa shape index (κ3) is 4.24.